The van der Waals surface area contributed by atoms with Gasteiger partial charge in [0.1, 0.15) is 12.7 Å². The predicted molar refractivity (Wildman–Crippen MR) is 210 cm³/mol. The molecule has 0 rings (SSSR count). The summed E-state index contributed by atoms with van der Waals surface area (Å²) in [6.45, 7) is 2.31. The number of ether oxygens (including phenoxy) is 2. The van der Waals surface area contributed by atoms with E-state index in [4.69, 9.17) is 19.1 Å². The molecule has 3 N–H and O–H groups in total. The monoisotopic (exact) mass is 759 g/mol. The molecule has 52 heavy (non-hydrogen) atoms. The lowest BCUT2D eigenvalue weighted by Crippen LogP contribution is -2.29. The van der Waals surface area contributed by atoms with Gasteiger partial charge < -0.3 is 24.6 Å². The molecule has 0 bridgehead atoms. The van der Waals surface area contributed by atoms with Gasteiger partial charge in [-0.2, -0.15) is 0 Å². The van der Waals surface area contributed by atoms with Crippen LogP contribution in [-0.2, 0) is 32.7 Å². The molecule has 304 valence electrons. The minimum Gasteiger partial charge on any atom is -0.462 e. The number of phosphoric ester groups is 1. The Kier molecular flexibility index (Phi) is 36.2. The summed E-state index contributed by atoms with van der Waals surface area (Å²) in [5.41, 5.74) is 0. The fourth-order valence-electron chi connectivity index (χ4n) is 5.36. The molecule has 0 fully saturated rings. The van der Waals surface area contributed by atoms with Crippen molar-refractivity contribution >= 4 is 19.8 Å². The Balaban J connectivity index is 4.42. The topological polar surface area (TPSA) is 149 Å². The van der Waals surface area contributed by atoms with Crippen LogP contribution in [0.3, 0.4) is 0 Å². The Morgan fingerprint density at radius 3 is 1.56 bits per heavy atom. The maximum absolute atomic E-state index is 12.6. The normalized spacial score (nSPS) is 14.3. The molecule has 0 heterocycles. The number of rotatable bonds is 38. The number of hydrogen-bond donors (Lipinski definition) is 3. The van der Waals surface area contributed by atoms with Crippen molar-refractivity contribution in [2.75, 3.05) is 26.4 Å². The highest BCUT2D eigenvalue weighted by atomic mass is 31.2. The van der Waals surface area contributed by atoms with Gasteiger partial charge >= 0.3 is 19.8 Å². The van der Waals surface area contributed by atoms with Crippen LogP contribution < -0.4 is 0 Å². The first kappa shape index (κ1) is 50.2. The maximum Gasteiger partial charge on any atom is 0.472 e. The van der Waals surface area contributed by atoms with E-state index in [9.17, 15) is 24.2 Å². The van der Waals surface area contributed by atoms with Gasteiger partial charge in [-0.1, -0.05) is 153 Å². The Morgan fingerprint density at radius 1 is 0.577 bits per heavy atom. The van der Waals surface area contributed by atoms with Crippen LogP contribution in [-0.4, -0.2) is 65.7 Å². The standard InChI is InChI=1S/C41H75O10P/c1-3-5-7-9-11-13-15-17-18-19-20-21-23-25-27-29-31-33-41(45)51-39(37-50-52(46,47)49-35-38(43)34-42)36-48-40(44)32-30-28-26-24-22-16-14-12-10-8-6-4-2/h17-18,20-21,25,27,38-39,42-43H,3-16,19,22-24,26,28-37H2,1-2H3,(H,46,47)/b18-17+,21-20+,27-25+/t38-,39+/m0/s1. The van der Waals surface area contributed by atoms with E-state index in [1.807, 2.05) is 6.08 Å². The molecular formula is C41H75O10P. The van der Waals surface area contributed by atoms with Gasteiger partial charge in [-0.15, -0.1) is 0 Å². The fraction of sp³-hybridized carbons (Fsp3) is 0.805. The molecule has 3 atom stereocenters. The average molecular weight is 759 g/mol. The third-order valence-electron chi connectivity index (χ3n) is 8.55. The first-order chi connectivity index (χ1) is 25.2. The second kappa shape index (κ2) is 37.5. The lowest BCUT2D eigenvalue weighted by atomic mass is 10.0. The van der Waals surface area contributed by atoms with E-state index < -0.39 is 51.8 Å². The van der Waals surface area contributed by atoms with Crippen LogP contribution in [0.2, 0.25) is 0 Å². The number of hydrogen-bond acceptors (Lipinski definition) is 9. The number of carbonyl (C=O) groups excluding carboxylic acids is 2. The third-order valence-corrected chi connectivity index (χ3v) is 9.50. The van der Waals surface area contributed by atoms with Crippen LogP contribution in [0.5, 0.6) is 0 Å². The van der Waals surface area contributed by atoms with E-state index in [1.165, 1.54) is 89.9 Å². The zero-order valence-corrected chi connectivity index (χ0v) is 33.7. The van der Waals surface area contributed by atoms with Crippen LogP contribution in [0.15, 0.2) is 36.5 Å². The molecule has 1 unspecified atom stereocenters. The Hall–Kier alpha value is -1.81. The van der Waals surface area contributed by atoms with Crippen molar-refractivity contribution < 1.29 is 47.8 Å². The zero-order chi connectivity index (χ0) is 38.4. The molecule has 0 aliphatic carbocycles. The van der Waals surface area contributed by atoms with Crippen molar-refractivity contribution in [3.8, 4) is 0 Å². The summed E-state index contributed by atoms with van der Waals surface area (Å²) in [4.78, 5) is 34.8. The van der Waals surface area contributed by atoms with Crippen molar-refractivity contribution in [2.24, 2.45) is 0 Å². The van der Waals surface area contributed by atoms with Crippen molar-refractivity contribution in [1.82, 2.24) is 0 Å². The van der Waals surface area contributed by atoms with Crippen molar-refractivity contribution in [1.29, 1.82) is 0 Å². The van der Waals surface area contributed by atoms with Crippen molar-refractivity contribution in [2.45, 2.75) is 187 Å². The number of aliphatic hydroxyl groups is 2. The number of carbonyl (C=O) groups is 2. The zero-order valence-electron chi connectivity index (χ0n) is 32.8. The van der Waals surface area contributed by atoms with Crippen LogP contribution in [0.1, 0.15) is 174 Å². The highest BCUT2D eigenvalue weighted by molar-refractivity contribution is 7.47. The first-order valence-electron chi connectivity index (χ1n) is 20.4. The molecule has 0 aromatic rings. The molecular weight excluding hydrogens is 683 g/mol. The summed E-state index contributed by atoms with van der Waals surface area (Å²) >= 11 is 0. The van der Waals surface area contributed by atoms with Gasteiger partial charge in [0.15, 0.2) is 6.10 Å². The molecule has 0 radical (unpaired) electrons. The lowest BCUT2D eigenvalue weighted by Gasteiger charge is -2.20. The SMILES string of the molecule is CCCCCCCC/C=C/C/C=C/C/C=C/CCCC(=O)O[C@H](COC(=O)CCCCCCCCCCCCCC)COP(=O)(O)OC[C@@H](O)CO. The number of unbranched alkanes of at least 4 members (excludes halogenated alkanes) is 18. The molecule has 11 heteroatoms. The Labute approximate surface area is 316 Å². The summed E-state index contributed by atoms with van der Waals surface area (Å²) in [6, 6.07) is 0. The molecule has 0 saturated carbocycles. The molecule has 0 aliphatic rings. The first-order valence-corrected chi connectivity index (χ1v) is 21.9. The summed E-state index contributed by atoms with van der Waals surface area (Å²) in [5, 5.41) is 18.3. The summed E-state index contributed by atoms with van der Waals surface area (Å²) < 4.78 is 32.6. The predicted octanol–water partition coefficient (Wildman–Crippen LogP) is 10.4. The van der Waals surface area contributed by atoms with E-state index in [2.05, 4.69) is 48.8 Å². The average Bonchev–Trinajstić information content (AvgIpc) is 3.13. The van der Waals surface area contributed by atoms with E-state index >= 15 is 0 Å². The number of phosphoric acid groups is 1. The summed E-state index contributed by atoms with van der Waals surface area (Å²) in [6.07, 6.45) is 36.9. The quantitative estimate of drug-likeness (QED) is 0.0240. The largest absolute Gasteiger partial charge is 0.472 e. The number of aliphatic hydroxyl groups excluding tert-OH is 2. The van der Waals surface area contributed by atoms with Gasteiger partial charge in [-0.25, -0.2) is 4.57 Å². The highest BCUT2D eigenvalue weighted by Gasteiger charge is 2.27. The molecule has 10 nitrogen and oxygen atoms in total. The van der Waals surface area contributed by atoms with Crippen molar-refractivity contribution in [3.63, 3.8) is 0 Å². The summed E-state index contributed by atoms with van der Waals surface area (Å²) in [5.74, 6) is -0.984. The third kappa shape index (κ3) is 36.5. The molecule has 0 aliphatic heterocycles. The molecule has 0 saturated heterocycles. The second-order valence-electron chi connectivity index (χ2n) is 13.7. The summed E-state index contributed by atoms with van der Waals surface area (Å²) in [7, 11) is -4.62. The van der Waals surface area contributed by atoms with Crippen LogP contribution in [0.4, 0.5) is 0 Å². The fourth-order valence-corrected chi connectivity index (χ4v) is 6.15. The maximum atomic E-state index is 12.6. The smallest absolute Gasteiger partial charge is 0.462 e. The van der Waals surface area contributed by atoms with Gasteiger partial charge in [0.2, 0.25) is 0 Å². The highest BCUT2D eigenvalue weighted by Crippen LogP contribution is 2.43. The van der Waals surface area contributed by atoms with Crippen LogP contribution in [0, 0.1) is 0 Å². The van der Waals surface area contributed by atoms with Crippen molar-refractivity contribution in [3.05, 3.63) is 36.5 Å². The Bertz CT molecular complexity index is 967. The number of esters is 2. The van der Waals surface area contributed by atoms with Crippen LogP contribution in [0.25, 0.3) is 0 Å². The van der Waals surface area contributed by atoms with Gasteiger partial charge in [0.05, 0.1) is 19.8 Å². The van der Waals surface area contributed by atoms with Gasteiger partial charge in [-0.05, 0) is 44.9 Å². The van der Waals surface area contributed by atoms with E-state index in [-0.39, 0.29) is 19.4 Å². The molecule has 0 amide bonds. The second-order valence-corrected chi connectivity index (χ2v) is 15.1. The van der Waals surface area contributed by atoms with Gasteiger partial charge in [0, 0.05) is 12.8 Å². The minimum atomic E-state index is -4.62. The van der Waals surface area contributed by atoms with E-state index in [0.29, 0.717) is 19.3 Å². The van der Waals surface area contributed by atoms with Gasteiger partial charge in [0.25, 0.3) is 0 Å². The lowest BCUT2D eigenvalue weighted by molar-refractivity contribution is -0.161. The Morgan fingerprint density at radius 2 is 1.02 bits per heavy atom. The van der Waals surface area contributed by atoms with Gasteiger partial charge in [-0.3, -0.25) is 18.6 Å². The molecule has 0 aromatic carbocycles. The molecule has 0 aromatic heterocycles. The minimum absolute atomic E-state index is 0.114. The number of allylic oxidation sites excluding steroid dienone is 6. The van der Waals surface area contributed by atoms with E-state index in [1.54, 1.807) is 0 Å². The molecule has 0 spiro atoms. The van der Waals surface area contributed by atoms with E-state index in [0.717, 1.165) is 38.5 Å². The van der Waals surface area contributed by atoms with Crippen LogP contribution >= 0.6 is 7.82 Å².